The Morgan fingerprint density at radius 2 is 1.85 bits per heavy atom. The molecule has 0 bridgehead atoms. The van der Waals surface area contributed by atoms with E-state index in [0.29, 0.717) is 24.8 Å². The molecule has 34 heavy (non-hydrogen) atoms. The second-order valence-electron chi connectivity index (χ2n) is 7.64. The molecule has 4 rings (SSSR count). The number of fused-ring (bicyclic) bond motifs is 1. The molecule has 0 aliphatic rings. The number of rotatable bonds is 8. The second kappa shape index (κ2) is 10.5. The van der Waals surface area contributed by atoms with Gasteiger partial charge in [0.25, 0.3) is 0 Å². The Kier molecular flexibility index (Phi) is 7.09. The van der Waals surface area contributed by atoms with Gasteiger partial charge in [-0.15, -0.1) is 11.0 Å². The van der Waals surface area contributed by atoms with Gasteiger partial charge in [0.15, 0.2) is 11.5 Å². The highest BCUT2D eigenvalue weighted by Crippen LogP contribution is 2.24. The van der Waals surface area contributed by atoms with Gasteiger partial charge in [-0.1, -0.05) is 24.1 Å². The van der Waals surface area contributed by atoms with E-state index in [-0.39, 0.29) is 24.1 Å². The van der Waals surface area contributed by atoms with Gasteiger partial charge < -0.3 is 14.6 Å². The number of nitrogens with zero attached hydrogens (tertiary/aromatic N) is 3. The maximum Gasteiger partial charge on any atom is 0.307 e. The van der Waals surface area contributed by atoms with Crippen LogP contribution in [0.5, 0.6) is 11.5 Å². The number of esters is 1. The molecule has 0 fully saturated rings. The van der Waals surface area contributed by atoms with E-state index in [4.69, 9.17) is 9.47 Å². The highest BCUT2D eigenvalue weighted by Gasteiger charge is 2.15. The number of aromatic nitrogens is 3. The molecule has 0 aliphatic heterocycles. The molecular weight excluding hydrogens is 430 g/mol. The molecule has 1 N–H and O–H groups in total. The molecule has 2 heterocycles. The van der Waals surface area contributed by atoms with Gasteiger partial charge >= 0.3 is 5.97 Å². The van der Waals surface area contributed by atoms with Gasteiger partial charge in [-0.05, 0) is 61.9 Å². The third-order valence-corrected chi connectivity index (χ3v) is 5.20. The van der Waals surface area contributed by atoms with Crippen molar-refractivity contribution in [2.75, 3.05) is 6.61 Å². The molecule has 0 amide bonds. The van der Waals surface area contributed by atoms with Crippen molar-refractivity contribution >= 4 is 11.6 Å². The van der Waals surface area contributed by atoms with Crippen LogP contribution in [0.3, 0.4) is 0 Å². The van der Waals surface area contributed by atoms with Crippen LogP contribution in [0.15, 0.2) is 66.9 Å². The number of aromatic hydroxyl groups is 1. The molecule has 0 saturated carbocycles. The van der Waals surface area contributed by atoms with Crippen LogP contribution in [0.4, 0.5) is 0 Å². The van der Waals surface area contributed by atoms with Crippen molar-refractivity contribution in [2.45, 2.75) is 32.8 Å². The SMILES string of the molecule is CC#C[C@@H](CC(=O)OCC)c1ccc(OCc2ccc3nc(-c4ccc(O)cc4)nn3c2)cc1. The molecule has 4 aromatic rings. The Labute approximate surface area is 198 Å². The first-order valence-corrected chi connectivity index (χ1v) is 11.0. The molecule has 172 valence electrons. The van der Waals surface area contributed by atoms with Gasteiger partial charge in [0, 0.05) is 17.3 Å². The molecule has 0 spiro atoms. The quantitative estimate of drug-likeness (QED) is 0.305. The van der Waals surface area contributed by atoms with Crippen LogP contribution in [0.1, 0.15) is 37.3 Å². The molecule has 2 aromatic heterocycles. The average molecular weight is 456 g/mol. The van der Waals surface area contributed by atoms with Crippen LogP contribution >= 0.6 is 0 Å². The van der Waals surface area contributed by atoms with Crippen molar-refractivity contribution in [3.05, 3.63) is 78.0 Å². The van der Waals surface area contributed by atoms with Gasteiger partial charge in [0.2, 0.25) is 0 Å². The summed E-state index contributed by atoms with van der Waals surface area (Å²) < 4.78 is 12.7. The Hall–Kier alpha value is -4.31. The summed E-state index contributed by atoms with van der Waals surface area (Å²) in [6, 6.07) is 18.2. The van der Waals surface area contributed by atoms with Crippen molar-refractivity contribution in [2.24, 2.45) is 0 Å². The zero-order valence-electron chi connectivity index (χ0n) is 19.1. The monoisotopic (exact) mass is 455 g/mol. The summed E-state index contributed by atoms with van der Waals surface area (Å²) in [6.07, 6.45) is 2.10. The van der Waals surface area contributed by atoms with Crippen LogP contribution < -0.4 is 4.74 Å². The number of carbonyl (C=O) groups is 1. The number of benzene rings is 2. The topological polar surface area (TPSA) is 86.0 Å². The van der Waals surface area contributed by atoms with E-state index in [2.05, 4.69) is 21.9 Å². The van der Waals surface area contributed by atoms with Crippen molar-refractivity contribution in [3.8, 4) is 34.7 Å². The van der Waals surface area contributed by atoms with E-state index in [1.165, 1.54) is 0 Å². The molecule has 1 atom stereocenters. The fourth-order valence-corrected chi connectivity index (χ4v) is 3.52. The van der Waals surface area contributed by atoms with Gasteiger partial charge in [0.1, 0.15) is 18.1 Å². The van der Waals surface area contributed by atoms with E-state index in [1.807, 2.05) is 42.6 Å². The summed E-state index contributed by atoms with van der Waals surface area (Å²) in [5.41, 5.74) is 3.44. The van der Waals surface area contributed by atoms with E-state index < -0.39 is 0 Å². The number of pyridine rings is 1. The van der Waals surface area contributed by atoms with Crippen molar-refractivity contribution in [3.63, 3.8) is 0 Å². The van der Waals surface area contributed by atoms with Crippen LogP contribution in [0.2, 0.25) is 0 Å². The Morgan fingerprint density at radius 1 is 1.09 bits per heavy atom. The second-order valence-corrected chi connectivity index (χ2v) is 7.64. The minimum atomic E-state index is -0.257. The maximum absolute atomic E-state index is 11.9. The smallest absolute Gasteiger partial charge is 0.307 e. The van der Waals surface area contributed by atoms with E-state index >= 15 is 0 Å². The Bertz CT molecular complexity index is 1330. The van der Waals surface area contributed by atoms with Crippen LogP contribution in [0.25, 0.3) is 17.0 Å². The summed E-state index contributed by atoms with van der Waals surface area (Å²) in [5.74, 6) is 7.00. The summed E-state index contributed by atoms with van der Waals surface area (Å²) >= 11 is 0. The molecule has 0 unspecified atom stereocenters. The standard InChI is InChI=1S/C27H25N3O4/c1-3-5-22(16-26(32)33-4-2)20-9-13-24(14-10-20)34-18-19-6-15-25-28-27(29-30(25)17-19)21-7-11-23(31)12-8-21/h6-15,17,22,31H,4,16,18H2,1-2H3/t22-/m0/s1. The number of hydrogen-bond acceptors (Lipinski definition) is 6. The highest BCUT2D eigenvalue weighted by atomic mass is 16.5. The molecular formula is C27H25N3O4. The summed E-state index contributed by atoms with van der Waals surface area (Å²) in [6.45, 7) is 4.27. The lowest BCUT2D eigenvalue weighted by Crippen LogP contribution is -2.09. The predicted molar refractivity (Wildman–Crippen MR) is 128 cm³/mol. The average Bonchev–Trinajstić information content (AvgIpc) is 3.27. The van der Waals surface area contributed by atoms with Crippen molar-refractivity contribution < 1.29 is 19.4 Å². The zero-order valence-corrected chi connectivity index (χ0v) is 19.1. The Balaban J connectivity index is 1.42. The number of carbonyl (C=O) groups excluding carboxylic acids is 1. The molecule has 7 heteroatoms. The summed E-state index contributed by atoms with van der Waals surface area (Å²) in [7, 11) is 0. The fraction of sp³-hybridized carbons (Fsp3) is 0.222. The zero-order chi connectivity index (χ0) is 23.9. The minimum Gasteiger partial charge on any atom is -0.508 e. The maximum atomic E-state index is 11.9. The van der Waals surface area contributed by atoms with Gasteiger partial charge in [0.05, 0.1) is 18.9 Å². The summed E-state index contributed by atoms with van der Waals surface area (Å²) in [4.78, 5) is 16.4. The number of ether oxygens (including phenoxy) is 2. The predicted octanol–water partition coefficient (Wildman–Crippen LogP) is 4.74. The largest absolute Gasteiger partial charge is 0.508 e. The molecule has 0 radical (unpaired) electrons. The minimum absolute atomic E-state index is 0.202. The van der Waals surface area contributed by atoms with Gasteiger partial charge in [-0.2, -0.15) is 0 Å². The van der Waals surface area contributed by atoms with Crippen LogP contribution in [-0.2, 0) is 16.1 Å². The first-order chi connectivity index (χ1) is 16.6. The van der Waals surface area contributed by atoms with Gasteiger partial charge in [-0.25, -0.2) is 9.50 Å². The lowest BCUT2D eigenvalue weighted by atomic mass is 9.96. The third-order valence-electron chi connectivity index (χ3n) is 5.20. The van der Waals surface area contributed by atoms with Crippen LogP contribution in [-0.4, -0.2) is 32.3 Å². The van der Waals surface area contributed by atoms with Crippen molar-refractivity contribution in [1.82, 2.24) is 14.6 Å². The van der Waals surface area contributed by atoms with Crippen molar-refractivity contribution in [1.29, 1.82) is 0 Å². The third kappa shape index (κ3) is 5.54. The normalized spacial score (nSPS) is 11.5. The molecule has 0 saturated heterocycles. The van der Waals surface area contributed by atoms with E-state index in [0.717, 1.165) is 22.3 Å². The van der Waals surface area contributed by atoms with E-state index in [9.17, 15) is 9.90 Å². The first kappa shape index (κ1) is 22.9. The number of phenols is 1. The number of hydrogen-bond donors (Lipinski definition) is 1. The highest BCUT2D eigenvalue weighted by molar-refractivity contribution is 5.71. The lowest BCUT2D eigenvalue weighted by molar-refractivity contribution is -0.143. The molecule has 2 aromatic carbocycles. The van der Waals surface area contributed by atoms with Gasteiger partial charge in [-0.3, -0.25) is 4.79 Å². The fourth-order valence-electron chi connectivity index (χ4n) is 3.52. The molecule has 0 aliphatic carbocycles. The first-order valence-electron chi connectivity index (χ1n) is 11.0. The molecule has 7 nitrogen and oxygen atoms in total. The van der Waals surface area contributed by atoms with E-state index in [1.54, 1.807) is 42.6 Å². The number of phenolic OH excluding ortho intramolecular Hbond substituents is 1. The lowest BCUT2D eigenvalue weighted by Gasteiger charge is -2.12. The Morgan fingerprint density at radius 3 is 2.56 bits per heavy atom. The summed E-state index contributed by atoms with van der Waals surface area (Å²) in [5, 5.41) is 14.0. The van der Waals surface area contributed by atoms with Crippen LogP contribution in [0, 0.1) is 11.8 Å².